The molecular formula is C15H24N2. The van der Waals surface area contributed by atoms with Crippen molar-refractivity contribution in [3.05, 3.63) is 30.1 Å². The van der Waals surface area contributed by atoms with Crippen molar-refractivity contribution in [3.8, 4) is 0 Å². The highest BCUT2D eigenvalue weighted by Crippen LogP contribution is 2.30. The summed E-state index contributed by atoms with van der Waals surface area (Å²) in [5.74, 6) is 1.64. The summed E-state index contributed by atoms with van der Waals surface area (Å²) in [5, 5.41) is 3.79. The molecule has 1 aliphatic carbocycles. The van der Waals surface area contributed by atoms with Crippen molar-refractivity contribution in [2.45, 2.75) is 52.1 Å². The Morgan fingerprint density at radius 2 is 1.94 bits per heavy atom. The minimum absolute atomic E-state index is 0.427. The molecule has 0 bridgehead atoms. The van der Waals surface area contributed by atoms with E-state index in [-0.39, 0.29) is 0 Å². The molecule has 94 valence electrons. The Bertz CT molecular complexity index is 336. The second kappa shape index (κ2) is 5.63. The van der Waals surface area contributed by atoms with E-state index in [1.165, 1.54) is 24.8 Å². The third-order valence-electron chi connectivity index (χ3n) is 4.38. The van der Waals surface area contributed by atoms with E-state index < -0.39 is 0 Å². The van der Waals surface area contributed by atoms with E-state index >= 15 is 0 Å². The van der Waals surface area contributed by atoms with Crippen LogP contribution < -0.4 is 5.32 Å². The fraction of sp³-hybridized carbons (Fsp3) is 0.667. The van der Waals surface area contributed by atoms with E-state index in [0.717, 1.165) is 11.8 Å². The van der Waals surface area contributed by atoms with Crippen LogP contribution in [0.4, 0.5) is 0 Å². The predicted octanol–water partition coefficient (Wildman–Crippen LogP) is 3.56. The fourth-order valence-corrected chi connectivity index (χ4v) is 2.89. The minimum Gasteiger partial charge on any atom is -0.307 e. The predicted molar refractivity (Wildman–Crippen MR) is 71.8 cm³/mol. The Morgan fingerprint density at radius 1 is 1.24 bits per heavy atom. The summed E-state index contributed by atoms with van der Waals surface area (Å²) in [7, 11) is 0. The molecule has 0 radical (unpaired) electrons. The summed E-state index contributed by atoms with van der Waals surface area (Å²) >= 11 is 0. The van der Waals surface area contributed by atoms with E-state index in [1.54, 1.807) is 0 Å². The third-order valence-corrected chi connectivity index (χ3v) is 4.38. The maximum Gasteiger partial charge on any atom is 0.0295 e. The molecule has 4 atom stereocenters. The van der Waals surface area contributed by atoms with Crippen LogP contribution in [0.15, 0.2) is 24.5 Å². The lowest BCUT2D eigenvalue weighted by atomic mass is 9.77. The zero-order chi connectivity index (χ0) is 12.3. The van der Waals surface area contributed by atoms with Gasteiger partial charge in [-0.1, -0.05) is 26.7 Å². The van der Waals surface area contributed by atoms with E-state index in [4.69, 9.17) is 0 Å². The molecule has 1 heterocycles. The number of nitrogens with zero attached hydrogens (tertiary/aromatic N) is 1. The smallest absolute Gasteiger partial charge is 0.0295 e. The van der Waals surface area contributed by atoms with Crippen molar-refractivity contribution in [3.63, 3.8) is 0 Å². The fourth-order valence-electron chi connectivity index (χ4n) is 2.89. The molecule has 1 fully saturated rings. The zero-order valence-corrected chi connectivity index (χ0v) is 11.2. The van der Waals surface area contributed by atoms with Crippen molar-refractivity contribution in [2.75, 3.05) is 0 Å². The lowest BCUT2D eigenvalue weighted by Crippen LogP contribution is -2.41. The maximum absolute atomic E-state index is 4.07. The highest BCUT2D eigenvalue weighted by atomic mass is 15.0. The van der Waals surface area contributed by atoms with E-state index in [0.29, 0.717) is 12.1 Å². The summed E-state index contributed by atoms with van der Waals surface area (Å²) in [6.07, 6.45) is 7.83. The van der Waals surface area contributed by atoms with Crippen molar-refractivity contribution in [1.82, 2.24) is 10.3 Å². The number of hydrogen-bond acceptors (Lipinski definition) is 2. The van der Waals surface area contributed by atoms with Crippen molar-refractivity contribution < 1.29 is 0 Å². The van der Waals surface area contributed by atoms with Gasteiger partial charge >= 0.3 is 0 Å². The molecule has 1 aliphatic rings. The van der Waals surface area contributed by atoms with Crippen LogP contribution in [-0.4, -0.2) is 11.0 Å². The van der Waals surface area contributed by atoms with Gasteiger partial charge in [-0.05, 0) is 42.9 Å². The Hall–Kier alpha value is -0.890. The summed E-state index contributed by atoms with van der Waals surface area (Å²) in [4.78, 5) is 4.07. The third kappa shape index (κ3) is 3.06. The van der Waals surface area contributed by atoms with Crippen molar-refractivity contribution in [1.29, 1.82) is 0 Å². The summed E-state index contributed by atoms with van der Waals surface area (Å²) in [5.41, 5.74) is 1.34. The SMILES string of the molecule is CC1CCCC(N[C@@H](C)c2ccncc2)C1C. The highest BCUT2D eigenvalue weighted by molar-refractivity contribution is 5.14. The van der Waals surface area contributed by atoms with E-state index in [1.807, 2.05) is 12.4 Å². The molecule has 17 heavy (non-hydrogen) atoms. The minimum atomic E-state index is 0.427. The van der Waals surface area contributed by atoms with Crippen LogP contribution >= 0.6 is 0 Å². The Morgan fingerprint density at radius 3 is 2.65 bits per heavy atom. The highest BCUT2D eigenvalue weighted by Gasteiger charge is 2.27. The average molecular weight is 232 g/mol. The summed E-state index contributed by atoms with van der Waals surface area (Å²) in [6.45, 7) is 7.03. The molecule has 3 unspecified atom stereocenters. The molecule has 1 saturated carbocycles. The van der Waals surface area contributed by atoms with Crippen LogP contribution in [0, 0.1) is 11.8 Å². The first kappa shape index (κ1) is 12.6. The van der Waals surface area contributed by atoms with Gasteiger partial charge in [0.15, 0.2) is 0 Å². The number of nitrogens with one attached hydrogen (secondary N) is 1. The van der Waals surface area contributed by atoms with Crippen LogP contribution in [0.5, 0.6) is 0 Å². The molecule has 0 aromatic carbocycles. The van der Waals surface area contributed by atoms with Gasteiger partial charge in [0, 0.05) is 24.5 Å². The van der Waals surface area contributed by atoms with Gasteiger partial charge in [-0.2, -0.15) is 0 Å². The van der Waals surface area contributed by atoms with E-state index in [9.17, 15) is 0 Å². The first-order chi connectivity index (χ1) is 8.18. The first-order valence-corrected chi connectivity index (χ1v) is 6.84. The lowest BCUT2D eigenvalue weighted by molar-refractivity contribution is 0.196. The number of pyridine rings is 1. The Kier molecular flexibility index (Phi) is 4.16. The van der Waals surface area contributed by atoms with Gasteiger partial charge in [-0.3, -0.25) is 4.98 Å². The molecule has 1 aromatic rings. The first-order valence-electron chi connectivity index (χ1n) is 6.84. The number of rotatable bonds is 3. The van der Waals surface area contributed by atoms with Crippen LogP contribution in [0.3, 0.4) is 0 Å². The summed E-state index contributed by atoms with van der Waals surface area (Å²) < 4.78 is 0. The standard InChI is InChI=1S/C15H24N2/c1-11-5-4-6-15(12(11)2)17-13(3)14-7-9-16-10-8-14/h7-13,15,17H,4-6H2,1-3H3/t11?,12?,13-,15?/m0/s1. The molecule has 0 amide bonds. The van der Waals surface area contributed by atoms with Gasteiger partial charge in [0.05, 0.1) is 0 Å². The Labute approximate surface area is 105 Å². The molecule has 0 aliphatic heterocycles. The van der Waals surface area contributed by atoms with Crippen LogP contribution in [-0.2, 0) is 0 Å². The van der Waals surface area contributed by atoms with Gasteiger partial charge < -0.3 is 5.32 Å². The topological polar surface area (TPSA) is 24.9 Å². The molecule has 2 nitrogen and oxygen atoms in total. The molecular weight excluding hydrogens is 208 g/mol. The number of aromatic nitrogens is 1. The zero-order valence-electron chi connectivity index (χ0n) is 11.2. The van der Waals surface area contributed by atoms with E-state index in [2.05, 4.69) is 43.2 Å². The van der Waals surface area contributed by atoms with Crippen LogP contribution in [0.25, 0.3) is 0 Å². The maximum atomic E-state index is 4.07. The second-order valence-electron chi connectivity index (χ2n) is 5.54. The van der Waals surface area contributed by atoms with Crippen molar-refractivity contribution >= 4 is 0 Å². The van der Waals surface area contributed by atoms with Crippen molar-refractivity contribution in [2.24, 2.45) is 11.8 Å². The van der Waals surface area contributed by atoms with Crippen LogP contribution in [0.2, 0.25) is 0 Å². The molecule has 0 saturated heterocycles. The average Bonchev–Trinajstić information content (AvgIpc) is 2.36. The lowest BCUT2D eigenvalue weighted by Gasteiger charge is -2.36. The molecule has 1 aromatic heterocycles. The summed E-state index contributed by atoms with van der Waals surface area (Å²) in [6, 6.07) is 5.31. The normalized spacial score (nSPS) is 31.1. The van der Waals surface area contributed by atoms with Gasteiger partial charge in [0.2, 0.25) is 0 Å². The van der Waals surface area contributed by atoms with Gasteiger partial charge in [0.25, 0.3) is 0 Å². The molecule has 1 N–H and O–H groups in total. The van der Waals surface area contributed by atoms with Gasteiger partial charge in [0.1, 0.15) is 0 Å². The van der Waals surface area contributed by atoms with Gasteiger partial charge in [-0.15, -0.1) is 0 Å². The van der Waals surface area contributed by atoms with Gasteiger partial charge in [-0.25, -0.2) is 0 Å². The second-order valence-corrected chi connectivity index (χ2v) is 5.54. The molecule has 0 spiro atoms. The molecule has 2 heteroatoms. The largest absolute Gasteiger partial charge is 0.307 e. The van der Waals surface area contributed by atoms with Crippen LogP contribution in [0.1, 0.15) is 51.6 Å². The monoisotopic (exact) mass is 232 g/mol. The number of hydrogen-bond donors (Lipinski definition) is 1. The molecule has 2 rings (SSSR count). The Balaban J connectivity index is 1.96. The quantitative estimate of drug-likeness (QED) is 0.862.